The number of oxazole rings is 1. The number of hydrogen-bond donors (Lipinski definition) is 2. The number of benzene rings is 1. The first kappa shape index (κ1) is 17.4. The van der Waals surface area contributed by atoms with Gasteiger partial charge in [0.25, 0.3) is 5.91 Å². The molecule has 0 saturated carbocycles. The predicted molar refractivity (Wildman–Crippen MR) is 91.9 cm³/mol. The largest absolute Gasteiger partial charge is 0.417 e. The third-order valence-electron chi connectivity index (χ3n) is 4.57. The Labute approximate surface area is 152 Å². The van der Waals surface area contributed by atoms with E-state index in [1.807, 2.05) is 4.90 Å². The summed E-state index contributed by atoms with van der Waals surface area (Å²) in [6.45, 7) is 2.60. The highest BCUT2D eigenvalue weighted by molar-refractivity contribution is 5.97. The van der Waals surface area contributed by atoms with Gasteiger partial charge in [0.15, 0.2) is 11.4 Å². The monoisotopic (exact) mass is 375 g/mol. The molecule has 1 aliphatic heterocycles. The highest BCUT2D eigenvalue weighted by Crippen LogP contribution is 2.22. The molecule has 10 heteroatoms. The van der Waals surface area contributed by atoms with Crippen molar-refractivity contribution in [1.82, 2.24) is 25.3 Å². The quantitative estimate of drug-likeness (QED) is 0.687. The van der Waals surface area contributed by atoms with Crippen molar-refractivity contribution in [3.8, 4) is 0 Å². The molecule has 3 heterocycles. The van der Waals surface area contributed by atoms with Gasteiger partial charge in [-0.2, -0.15) is 4.98 Å². The number of amides is 1. The molecule has 27 heavy (non-hydrogen) atoms. The lowest BCUT2D eigenvalue weighted by Gasteiger charge is -2.22. The number of carbonyl (C=O) groups is 1. The maximum Gasteiger partial charge on any atom is 0.417 e. The number of aryl methyl sites for hydroxylation is 1. The van der Waals surface area contributed by atoms with Gasteiger partial charge < -0.3 is 14.3 Å². The molecule has 2 N–H and O–H groups in total. The molecular weight excluding hydrogens is 357 g/mol. The number of nitrogens with one attached hydrogen (secondary N) is 2. The molecule has 0 radical (unpaired) electrons. The molecular formula is C17H18FN5O4. The number of alkyl halides is 1. The smallest absolute Gasteiger partial charge is 0.408 e. The summed E-state index contributed by atoms with van der Waals surface area (Å²) >= 11 is 0. The van der Waals surface area contributed by atoms with Crippen molar-refractivity contribution in [2.45, 2.75) is 32.1 Å². The first-order valence-electron chi connectivity index (χ1n) is 8.56. The van der Waals surface area contributed by atoms with E-state index < -0.39 is 11.9 Å². The van der Waals surface area contributed by atoms with Crippen LogP contribution in [0.1, 0.15) is 28.5 Å². The summed E-state index contributed by atoms with van der Waals surface area (Å²) < 4.78 is 23.8. The van der Waals surface area contributed by atoms with Crippen molar-refractivity contribution in [3.63, 3.8) is 0 Å². The highest BCUT2D eigenvalue weighted by atomic mass is 19.1. The Morgan fingerprint density at radius 2 is 2.33 bits per heavy atom. The topological polar surface area (TPSA) is 117 Å². The first-order chi connectivity index (χ1) is 13.0. The zero-order chi connectivity index (χ0) is 19.0. The fourth-order valence-corrected chi connectivity index (χ4v) is 3.32. The van der Waals surface area contributed by atoms with Crippen LogP contribution in [0.5, 0.6) is 0 Å². The average molecular weight is 375 g/mol. The SMILES string of the molecule is Cc1nc(CN2C[C@@H](F)C[C@H]2CNC(=O)c2ccc3oc(=O)[nH]c3c2)no1. The number of aromatic nitrogens is 3. The van der Waals surface area contributed by atoms with Crippen molar-refractivity contribution in [2.24, 2.45) is 0 Å². The van der Waals surface area contributed by atoms with Gasteiger partial charge in [-0.15, -0.1) is 0 Å². The number of aromatic amines is 1. The molecule has 1 amide bonds. The summed E-state index contributed by atoms with van der Waals surface area (Å²) in [5, 5.41) is 6.66. The molecule has 0 unspecified atom stereocenters. The van der Waals surface area contributed by atoms with E-state index in [0.29, 0.717) is 41.3 Å². The Hall–Kier alpha value is -3.01. The minimum atomic E-state index is -0.966. The molecule has 0 bridgehead atoms. The van der Waals surface area contributed by atoms with E-state index in [1.165, 1.54) is 0 Å². The van der Waals surface area contributed by atoms with Gasteiger partial charge in [-0.1, -0.05) is 5.16 Å². The molecule has 142 valence electrons. The van der Waals surface area contributed by atoms with Gasteiger partial charge in [-0.25, -0.2) is 9.18 Å². The van der Waals surface area contributed by atoms with Crippen molar-refractivity contribution < 1.29 is 18.1 Å². The third kappa shape index (κ3) is 3.75. The molecule has 1 saturated heterocycles. The summed E-state index contributed by atoms with van der Waals surface area (Å²) in [4.78, 5) is 32.2. The molecule has 1 aliphatic rings. The molecule has 3 aromatic rings. The summed E-state index contributed by atoms with van der Waals surface area (Å²) in [5.41, 5.74) is 1.22. The summed E-state index contributed by atoms with van der Waals surface area (Å²) in [6, 6.07) is 4.50. The zero-order valence-electron chi connectivity index (χ0n) is 14.6. The lowest BCUT2D eigenvalue weighted by molar-refractivity contribution is 0.0939. The van der Waals surface area contributed by atoms with Crippen LogP contribution in [0.4, 0.5) is 4.39 Å². The van der Waals surface area contributed by atoms with Crippen LogP contribution >= 0.6 is 0 Å². The second-order valence-electron chi connectivity index (χ2n) is 6.58. The number of halogens is 1. The van der Waals surface area contributed by atoms with E-state index in [0.717, 1.165) is 0 Å². The molecule has 2 atom stereocenters. The van der Waals surface area contributed by atoms with E-state index >= 15 is 0 Å². The van der Waals surface area contributed by atoms with Gasteiger partial charge in [0.2, 0.25) is 5.89 Å². The average Bonchev–Trinajstić information content (AvgIpc) is 3.30. The van der Waals surface area contributed by atoms with Crippen LogP contribution in [0.2, 0.25) is 0 Å². The van der Waals surface area contributed by atoms with Gasteiger partial charge in [0.05, 0.1) is 12.1 Å². The lowest BCUT2D eigenvalue weighted by atomic mass is 10.1. The molecule has 1 fully saturated rings. The van der Waals surface area contributed by atoms with Crippen LogP contribution in [0.3, 0.4) is 0 Å². The van der Waals surface area contributed by atoms with E-state index in [4.69, 9.17) is 8.94 Å². The number of fused-ring (bicyclic) bond motifs is 1. The number of nitrogens with zero attached hydrogens (tertiary/aromatic N) is 3. The first-order valence-corrected chi connectivity index (χ1v) is 8.56. The summed E-state index contributed by atoms with van der Waals surface area (Å²) in [7, 11) is 0. The van der Waals surface area contributed by atoms with Gasteiger partial charge in [-0.05, 0) is 24.6 Å². The van der Waals surface area contributed by atoms with Crippen molar-refractivity contribution in [1.29, 1.82) is 0 Å². The minimum Gasteiger partial charge on any atom is -0.408 e. The van der Waals surface area contributed by atoms with Crippen LogP contribution in [0.25, 0.3) is 11.1 Å². The minimum absolute atomic E-state index is 0.166. The molecule has 0 spiro atoms. The number of likely N-dealkylation sites (tertiary alicyclic amines) is 1. The van der Waals surface area contributed by atoms with E-state index in [1.54, 1.807) is 25.1 Å². The maximum absolute atomic E-state index is 13.9. The Kier molecular flexibility index (Phi) is 4.48. The van der Waals surface area contributed by atoms with E-state index in [2.05, 4.69) is 20.4 Å². The number of H-pyrrole nitrogens is 1. The third-order valence-corrected chi connectivity index (χ3v) is 4.57. The lowest BCUT2D eigenvalue weighted by Crippen LogP contribution is -2.40. The normalized spacial score (nSPS) is 20.4. The Bertz CT molecular complexity index is 1030. The van der Waals surface area contributed by atoms with E-state index in [-0.39, 0.29) is 25.0 Å². The van der Waals surface area contributed by atoms with E-state index in [9.17, 15) is 14.0 Å². The highest BCUT2D eigenvalue weighted by Gasteiger charge is 2.33. The van der Waals surface area contributed by atoms with Crippen LogP contribution in [0.15, 0.2) is 31.9 Å². The number of carbonyl (C=O) groups excluding carboxylic acids is 1. The van der Waals surface area contributed by atoms with Gasteiger partial charge in [-0.3, -0.25) is 14.7 Å². The van der Waals surface area contributed by atoms with Gasteiger partial charge in [0, 0.05) is 31.6 Å². The summed E-state index contributed by atoms with van der Waals surface area (Å²) in [6.07, 6.45) is -0.641. The van der Waals surface area contributed by atoms with Crippen LogP contribution in [0, 0.1) is 6.92 Å². The van der Waals surface area contributed by atoms with Crippen molar-refractivity contribution in [3.05, 3.63) is 46.0 Å². The molecule has 1 aromatic carbocycles. The Morgan fingerprint density at radius 3 is 3.11 bits per heavy atom. The molecule has 9 nitrogen and oxygen atoms in total. The fourth-order valence-electron chi connectivity index (χ4n) is 3.32. The Morgan fingerprint density at radius 1 is 1.48 bits per heavy atom. The standard InChI is InChI=1S/C17H18FN5O4/c1-9-20-15(22-27-9)8-23-7-11(18)5-12(23)6-19-16(24)10-2-3-14-13(4-10)21-17(25)26-14/h2-4,11-12H,5-8H2,1H3,(H,19,24)(H,21,25)/t11-,12-/m0/s1. The second-order valence-corrected chi connectivity index (χ2v) is 6.58. The zero-order valence-corrected chi connectivity index (χ0v) is 14.6. The predicted octanol–water partition coefficient (Wildman–Crippen LogP) is 1.15. The summed E-state index contributed by atoms with van der Waals surface area (Å²) in [5.74, 6) is 0.0669. The van der Waals surface area contributed by atoms with Gasteiger partial charge in [0.1, 0.15) is 6.17 Å². The number of hydrogen-bond acceptors (Lipinski definition) is 7. The fraction of sp³-hybridized carbons (Fsp3) is 0.412. The van der Waals surface area contributed by atoms with Crippen molar-refractivity contribution >= 4 is 17.0 Å². The molecule has 4 rings (SSSR count). The van der Waals surface area contributed by atoms with Crippen LogP contribution in [-0.4, -0.2) is 51.2 Å². The maximum atomic E-state index is 13.9. The molecule has 2 aromatic heterocycles. The van der Waals surface area contributed by atoms with Crippen LogP contribution < -0.4 is 11.1 Å². The second kappa shape index (κ2) is 6.95. The Balaban J connectivity index is 1.40. The molecule has 0 aliphatic carbocycles. The van der Waals surface area contributed by atoms with Crippen molar-refractivity contribution in [2.75, 3.05) is 13.1 Å². The van der Waals surface area contributed by atoms with Gasteiger partial charge >= 0.3 is 5.76 Å². The van der Waals surface area contributed by atoms with Crippen LogP contribution in [-0.2, 0) is 6.54 Å². The number of rotatable bonds is 5.